The average molecular weight is 326 g/mol. The van der Waals surface area contributed by atoms with Gasteiger partial charge in [0.15, 0.2) is 0 Å². The van der Waals surface area contributed by atoms with E-state index in [0.29, 0.717) is 11.3 Å². The minimum atomic E-state index is -0.228. The van der Waals surface area contributed by atoms with Gasteiger partial charge in [-0.15, -0.1) is 0 Å². The summed E-state index contributed by atoms with van der Waals surface area (Å²) in [5.41, 5.74) is 3.37. The molecular formula is C19H22N2O3. The molecule has 0 fully saturated rings. The SMILES string of the molecule is COc1cccc(C(=O)NCCC(=O)Nc2c(C)cccc2C)c1. The van der Waals surface area contributed by atoms with Crippen LogP contribution in [0.1, 0.15) is 27.9 Å². The molecule has 0 aliphatic carbocycles. The molecule has 0 radical (unpaired) electrons. The first-order valence-corrected chi connectivity index (χ1v) is 7.79. The highest BCUT2D eigenvalue weighted by Crippen LogP contribution is 2.19. The molecule has 5 heteroatoms. The van der Waals surface area contributed by atoms with Crippen molar-refractivity contribution >= 4 is 17.5 Å². The summed E-state index contributed by atoms with van der Waals surface area (Å²) < 4.78 is 5.09. The third-order valence-electron chi connectivity index (χ3n) is 3.72. The molecule has 0 spiro atoms. The van der Waals surface area contributed by atoms with Crippen LogP contribution in [0, 0.1) is 13.8 Å². The molecule has 0 bridgehead atoms. The van der Waals surface area contributed by atoms with E-state index in [0.717, 1.165) is 16.8 Å². The molecule has 2 aromatic rings. The normalized spacial score (nSPS) is 10.1. The Morgan fingerprint density at radius 1 is 1.04 bits per heavy atom. The molecule has 24 heavy (non-hydrogen) atoms. The third-order valence-corrected chi connectivity index (χ3v) is 3.72. The number of nitrogens with one attached hydrogen (secondary N) is 2. The first-order valence-electron chi connectivity index (χ1n) is 7.79. The van der Waals surface area contributed by atoms with Crippen molar-refractivity contribution in [2.45, 2.75) is 20.3 Å². The quantitative estimate of drug-likeness (QED) is 0.857. The van der Waals surface area contributed by atoms with E-state index in [-0.39, 0.29) is 24.8 Å². The molecule has 2 aromatic carbocycles. The summed E-state index contributed by atoms with van der Waals surface area (Å²) in [7, 11) is 1.55. The van der Waals surface area contributed by atoms with Gasteiger partial charge in [-0.05, 0) is 43.2 Å². The summed E-state index contributed by atoms with van der Waals surface area (Å²) in [6.07, 6.45) is 0.212. The van der Waals surface area contributed by atoms with Gasteiger partial charge < -0.3 is 15.4 Å². The fourth-order valence-corrected chi connectivity index (χ4v) is 2.37. The molecule has 2 rings (SSSR count). The molecule has 2 N–H and O–H groups in total. The van der Waals surface area contributed by atoms with E-state index in [1.807, 2.05) is 32.0 Å². The van der Waals surface area contributed by atoms with Crippen LogP contribution in [-0.4, -0.2) is 25.5 Å². The van der Waals surface area contributed by atoms with Crippen LogP contribution in [0.5, 0.6) is 5.75 Å². The summed E-state index contributed by atoms with van der Waals surface area (Å²) in [4.78, 5) is 24.1. The van der Waals surface area contributed by atoms with Crippen molar-refractivity contribution in [3.05, 3.63) is 59.2 Å². The van der Waals surface area contributed by atoms with Crippen molar-refractivity contribution < 1.29 is 14.3 Å². The molecule has 5 nitrogen and oxygen atoms in total. The molecule has 0 unspecified atom stereocenters. The molecular weight excluding hydrogens is 304 g/mol. The monoisotopic (exact) mass is 326 g/mol. The topological polar surface area (TPSA) is 67.4 Å². The van der Waals surface area contributed by atoms with Crippen LogP contribution < -0.4 is 15.4 Å². The second-order valence-corrected chi connectivity index (χ2v) is 5.55. The fourth-order valence-electron chi connectivity index (χ4n) is 2.37. The Kier molecular flexibility index (Phi) is 5.95. The van der Waals surface area contributed by atoms with E-state index in [9.17, 15) is 9.59 Å². The summed E-state index contributed by atoms with van der Waals surface area (Å²) >= 11 is 0. The predicted molar refractivity (Wildman–Crippen MR) is 94.5 cm³/mol. The van der Waals surface area contributed by atoms with Crippen LogP contribution in [0.15, 0.2) is 42.5 Å². The number of rotatable bonds is 6. The Morgan fingerprint density at radius 3 is 2.38 bits per heavy atom. The molecule has 126 valence electrons. The average Bonchev–Trinajstić information content (AvgIpc) is 2.58. The predicted octanol–water partition coefficient (Wildman–Crippen LogP) is 3.07. The van der Waals surface area contributed by atoms with Gasteiger partial charge in [-0.1, -0.05) is 24.3 Å². The number of anilines is 1. The summed E-state index contributed by atoms with van der Waals surface area (Å²) in [5.74, 6) is 0.266. The van der Waals surface area contributed by atoms with Gasteiger partial charge in [0.1, 0.15) is 5.75 Å². The second kappa shape index (κ2) is 8.15. The summed E-state index contributed by atoms with van der Waals surface area (Å²) in [5, 5.41) is 5.64. The van der Waals surface area contributed by atoms with Gasteiger partial charge in [0.25, 0.3) is 5.91 Å². The molecule has 0 aliphatic rings. The van der Waals surface area contributed by atoms with Crippen molar-refractivity contribution in [2.75, 3.05) is 19.0 Å². The first-order chi connectivity index (χ1) is 11.5. The minimum absolute atomic E-state index is 0.127. The summed E-state index contributed by atoms with van der Waals surface area (Å²) in [6, 6.07) is 12.7. The molecule has 0 aliphatic heterocycles. The number of aryl methyl sites for hydroxylation is 2. The summed E-state index contributed by atoms with van der Waals surface area (Å²) in [6.45, 7) is 4.17. The van der Waals surface area contributed by atoms with Gasteiger partial charge in [0, 0.05) is 24.2 Å². The van der Waals surface area contributed by atoms with Crippen LogP contribution in [0.25, 0.3) is 0 Å². The number of methoxy groups -OCH3 is 1. The molecule has 0 aromatic heterocycles. The lowest BCUT2D eigenvalue weighted by atomic mass is 10.1. The van der Waals surface area contributed by atoms with E-state index in [1.165, 1.54) is 0 Å². The highest BCUT2D eigenvalue weighted by Gasteiger charge is 2.09. The standard InChI is InChI=1S/C19H22N2O3/c1-13-6-4-7-14(2)18(13)21-17(22)10-11-20-19(23)15-8-5-9-16(12-15)24-3/h4-9,12H,10-11H2,1-3H3,(H,20,23)(H,21,22). The van der Waals surface area contributed by atoms with E-state index in [1.54, 1.807) is 31.4 Å². The largest absolute Gasteiger partial charge is 0.497 e. The highest BCUT2D eigenvalue weighted by atomic mass is 16.5. The van der Waals surface area contributed by atoms with Gasteiger partial charge in [-0.2, -0.15) is 0 Å². The Labute approximate surface area is 142 Å². The van der Waals surface area contributed by atoms with Crippen LogP contribution in [-0.2, 0) is 4.79 Å². The van der Waals surface area contributed by atoms with Crippen LogP contribution in [0.2, 0.25) is 0 Å². The number of carbonyl (C=O) groups excluding carboxylic acids is 2. The minimum Gasteiger partial charge on any atom is -0.497 e. The number of ether oxygens (including phenoxy) is 1. The number of hydrogen-bond acceptors (Lipinski definition) is 3. The molecule has 0 saturated heterocycles. The number of benzene rings is 2. The van der Waals surface area contributed by atoms with Gasteiger partial charge in [0.05, 0.1) is 7.11 Å². The maximum atomic E-state index is 12.1. The lowest BCUT2D eigenvalue weighted by Crippen LogP contribution is -2.27. The van der Waals surface area contributed by atoms with Crippen LogP contribution >= 0.6 is 0 Å². The number of carbonyl (C=O) groups is 2. The van der Waals surface area contributed by atoms with Gasteiger partial charge in [-0.3, -0.25) is 9.59 Å². The number of hydrogen-bond donors (Lipinski definition) is 2. The van der Waals surface area contributed by atoms with Gasteiger partial charge in [-0.25, -0.2) is 0 Å². The zero-order chi connectivity index (χ0) is 17.5. The third kappa shape index (κ3) is 4.59. The lowest BCUT2D eigenvalue weighted by Gasteiger charge is -2.12. The van der Waals surface area contributed by atoms with E-state index < -0.39 is 0 Å². The Bertz CT molecular complexity index is 721. The highest BCUT2D eigenvalue weighted by molar-refractivity contribution is 5.96. The zero-order valence-electron chi connectivity index (χ0n) is 14.2. The molecule has 0 atom stereocenters. The maximum Gasteiger partial charge on any atom is 0.251 e. The van der Waals surface area contributed by atoms with Gasteiger partial charge >= 0.3 is 0 Å². The van der Waals surface area contributed by atoms with Crippen molar-refractivity contribution in [3.63, 3.8) is 0 Å². The van der Waals surface area contributed by atoms with E-state index >= 15 is 0 Å². The van der Waals surface area contributed by atoms with E-state index in [4.69, 9.17) is 4.74 Å². The number of amides is 2. The molecule has 0 heterocycles. The maximum absolute atomic E-state index is 12.1. The fraction of sp³-hybridized carbons (Fsp3) is 0.263. The van der Waals surface area contributed by atoms with Crippen molar-refractivity contribution in [1.82, 2.24) is 5.32 Å². The van der Waals surface area contributed by atoms with Crippen molar-refractivity contribution in [1.29, 1.82) is 0 Å². The van der Waals surface area contributed by atoms with Crippen LogP contribution in [0.3, 0.4) is 0 Å². The lowest BCUT2D eigenvalue weighted by molar-refractivity contribution is -0.116. The van der Waals surface area contributed by atoms with Crippen molar-refractivity contribution in [3.8, 4) is 5.75 Å². The second-order valence-electron chi connectivity index (χ2n) is 5.55. The number of para-hydroxylation sites is 1. The van der Waals surface area contributed by atoms with E-state index in [2.05, 4.69) is 10.6 Å². The Morgan fingerprint density at radius 2 is 1.71 bits per heavy atom. The Balaban J connectivity index is 1.85. The Hall–Kier alpha value is -2.82. The molecule has 0 saturated carbocycles. The smallest absolute Gasteiger partial charge is 0.251 e. The zero-order valence-corrected chi connectivity index (χ0v) is 14.2. The van der Waals surface area contributed by atoms with Gasteiger partial charge in [0.2, 0.25) is 5.91 Å². The molecule has 2 amide bonds. The van der Waals surface area contributed by atoms with Crippen LogP contribution in [0.4, 0.5) is 5.69 Å². The first kappa shape index (κ1) is 17.5. The van der Waals surface area contributed by atoms with Crippen molar-refractivity contribution in [2.24, 2.45) is 0 Å².